The van der Waals surface area contributed by atoms with E-state index in [0.29, 0.717) is 11.3 Å². The van der Waals surface area contributed by atoms with Crippen LogP contribution in [0.1, 0.15) is 156 Å². The molecule has 266 valence electrons. The van der Waals surface area contributed by atoms with Crippen molar-refractivity contribution in [1.29, 1.82) is 0 Å². The van der Waals surface area contributed by atoms with Gasteiger partial charge in [-0.25, -0.2) is 0 Å². The lowest BCUT2D eigenvalue weighted by atomic mass is 9.69. The van der Waals surface area contributed by atoms with Crippen molar-refractivity contribution < 1.29 is 0 Å². The molecule has 0 N–H and O–H groups in total. The molecule has 0 radical (unpaired) electrons. The lowest BCUT2D eigenvalue weighted by Crippen LogP contribution is -2.24. The second-order valence-corrected chi connectivity index (χ2v) is 17.2. The van der Waals surface area contributed by atoms with E-state index >= 15 is 0 Å². The highest BCUT2D eigenvalue weighted by molar-refractivity contribution is 5.74. The van der Waals surface area contributed by atoms with Crippen molar-refractivity contribution in [1.82, 2.24) is 0 Å². The average molecular weight is 659 g/mol. The average Bonchev–Trinajstić information content (AvgIpc) is 3.22. The molecule has 1 aromatic carbocycles. The fourth-order valence-electron chi connectivity index (χ4n) is 8.63. The minimum Gasteiger partial charge on any atom is -0.0961 e. The first-order valence-corrected chi connectivity index (χ1v) is 19.9. The third-order valence-electron chi connectivity index (χ3n) is 12.4. The summed E-state index contributed by atoms with van der Waals surface area (Å²) in [5.41, 5.74) is 14.2. The number of rotatable bonds is 13. The van der Waals surface area contributed by atoms with E-state index in [4.69, 9.17) is 6.58 Å². The standard InChI is InChI=1S/C49H70/c1-12-14-41(20-15-34(3)4)42-23-25-43(26-24-42)45(22-19-39-18-16-35(5)40(13-2)31-39)29-37(7)38(8)30-46-32-47-33-48(49(9,10)11)28-27-44(47)21-17-36(46)6/h14-15,20-21,23-26,30,32,35,39-40,45,48H,3,7,12-13,16-19,22,27-29,31,33H2,1-2,4-6,8-11H3/b20-15-,38-30+,41-14+/t35?,39?,40-,45+,48?/m1/s1. The predicted octanol–water partition coefficient (Wildman–Crippen LogP) is 15.3. The highest BCUT2D eigenvalue weighted by Gasteiger charge is 2.31. The molecule has 0 amide bonds. The second kappa shape index (κ2) is 17.9. The quantitative estimate of drug-likeness (QED) is 0.185. The molecule has 3 aliphatic rings. The zero-order valence-corrected chi connectivity index (χ0v) is 33.1. The van der Waals surface area contributed by atoms with Gasteiger partial charge in [-0.15, -0.1) is 0 Å². The zero-order chi connectivity index (χ0) is 35.7. The van der Waals surface area contributed by atoms with Crippen molar-refractivity contribution in [2.45, 2.75) is 145 Å². The Hall–Kier alpha value is -2.86. The van der Waals surface area contributed by atoms with Crippen LogP contribution in [0.3, 0.4) is 0 Å². The number of fused-ring (bicyclic) bond motifs is 1. The monoisotopic (exact) mass is 659 g/mol. The van der Waals surface area contributed by atoms with Crippen LogP contribution in [0.2, 0.25) is 0 Å². The largest absolute Gasteiger partial charge is 0.0961 e. The van der Waals surface area contributed by atoms with Crippen LogP contribution >= 0.6 is 0 Å². The normalized spacial score (nSPS) is 24.7. The van der Waals surface area contributed by atoms with Crippen LogP contribution < -0.4 is 0 Å². The van der Waals surface area contributed by atoms with E-state index in [1.54, 1.807) is 11.1 Å². The highest BCUT2D eigenvalue weighted by Crippen LogP contribution is 2.44. The molecule has 5 atom stereocenters. The van der Waals surface area contributed by atoms with E-state index in [9.17, 15) is 0 Å². The summed E-state index contributed by atoms with van der Waals surface area (Å²) in [6, 6.07) is 9.51. The maximum atomic E-state index is 4.75. The van der Waals surface area contributed by atoms with Gasteiger partial charge in [0.25, 0.3) is 0 Å². The van der Waals surface area contributed by atoms with Crippen LogP contribution in [0.5, 0.6) is 0 Å². The van der Waals surface area contributed by atoms with Crippen LogP contribution in [-0.2, 0) is 0 Å². The summed E-state index contributed by atoms with van der Waals surface area (Å²) in [6.45, 7) is 29.9. The first kappa shape index (κ1) is 38.9. The summed E-state index contributed by atoms with van der Waals surface area (Å²) < 4.78 is 0. The van der Waals surface area contributed by atoms with Gasteiger partial charge in [0.2, 0.25) is 0 Å². The smallest absolute Gasteiger partial charge is 0.0121 e. The van der Waals surface area contributed by atoms with Gasteiger partial charge in [-0.2, -0.15) is 0 Å². The summed E-state index contributed by atoms with van der Waals surface area (Å²) in [4.78, 5) is 0. The van der Waals surface area contributed by atoms with Gasteiger partial charge in [-0.3, -0.25) is 0 Å². The van der Waals surface area contributed by atoms with Crippen molar-refractivity contribution in [3.63, 3.8) is 0 Å². The molecule has 0 aromatic heterocycles. The molecule has 0 aliphatic heterocycles. The third-order valence-corrected chi connectivity index (χ3v) is 12.4. The maximum absolute atomic E-state index is 4.75. The van der Waals surface area contributed by atoms with Gasteiger partial charge in [-0.1, -0.05) is 151 Å². The molecule has 3 aliphatic carbocycles. The number of hydrogen-bond acceptors (Lipinski definition) is 0. The Balaban J connectivity index is 1.57. The molecule has 2 fully saturated rings. The molecule has 0 nitrogen and oxygen atoms in total. The maximum Gasteiger partial charge on any atom is -0.0121 e. The van der Waals surface area contributed by atoms with Gasteiger partial charge >= 0.3 is 0 Å². The van der Waals surface area contributed by atoms with Crippen molar-refractivity contribution >= 4 is 5.57 Å². The molecular formula is C49H70. The van der Waals surface area contributed by atoms with E-state index < -0.39 is 0 Å². The Labute approximate surface area is 303 Å². The molecular weight excluding hydrogens is 589 g/mol. The molecule has 49 heavy (non-hydrogen) atoms. The van der Waals surface area contributed by atoms with Crippen molar-refractivity contribution in [3.05, 3.63) is 124 Å². The van der Waals surface area contributed by atoms with Gasteiger partial charge in [0.05, 0.1) is 0 Å². The molecule has 0 heterocycles. The molecule has 2 saturated carbocycles. The molecule has 3 unspecified atom stereocenters. The van der Waals surface area contributed by atoms with E-state index in [1.807, 2.05) is 0 Å². The SMILES string of the molecule is C=C(C)/C=C\C(=C/CC)c1ccc([C@@H](CCC2CCC(C)[C@H](CC)C2)CC(=C)/C(C)=C/C2=C(C)CC=C3CCC(C(C)(C)C)CC3=C2)cc1. The fraction of sp³-hybridized carbons (Fsp3) is 0.551. The Morgan fingerprint density at radius 1 is 0.980 bits per heavy atom. The Morgan fingerprint density at radius 3 is 2.37 bits per heavy atom. The molecule has 0 spiro atoms. The van der Waals surface area contributed by atoms with Crippen LogP contribution in [0.15, 0.2) is 113 Å². The Kier molecular flexibility index (Phi) is 14.2. The van der Waals surface area contributed by atoms with E-state index in [2.05, 4.69) is 130 Å². The van der Waals surface area contributed by atoms with Crippen molar-refractivity contribution in [2.24, 2.45) is 29.1 Å². The zero-order valence-electron chi connectivity index (χ0n) is 33.1. The highest BCUT2D eigenvalue weighted by atomic mass is 14.4. The first-order valence-electron chi connectivity index (χ1n) is 19.9. The molecule has 0 saturated heterocycles. The van der Waals surface area contributed by atoms with E-state index in [1.165, 1.54) is 96.8 Å². The first-order chi connectivity index (χ1) is 23.3. The molecule has 0 heteroatoms. The summed E-state index contributed by atoms with van der Waals surface area (Å²) in [5.74, 6) is 3.88. The molecule has 0 bridgehead atoms. The summed E-state index contributed by atoms with van der Waals surface area (Å²) >= 11 is 0. The summed E-state index contributed by atoms with van der Waals surface area (Å²) in [7, 11) is 0. The minimum atomic E-state index is 0.355. The van der Waals surface area contributed by atoms with Crippen LogP contribution in [-0.4, -0.2) is 0 Å². The van der Waals surface area contributed by atoms with Gasteiger partial charge in [-0.05, 0) is 153 Å². The second-order valence-electron chi connectivity index (χ2n) is 17.2. The molecule has 1 aromatic rings. The Morgan fingerprint density at radius 2 is 1.71 bits per heavy atom. The fourth-order valence-corrected chi connectivity index (χ4v) is 8.63. The van der Waals surface area contributed by atoms with Gasteiger partial charge < -0.3 is 0 Å². The van der Waals surface area contributed by atoms with Crippen LogP contribution in [0.25, 0.3) is 5.57 Å². The van der Waals surface area contributed by atoms with Gasteiger partial charge in [0.1, 0.15) is 0 Å². The summed E-state index contributed by atoms with van der Waals surface area (Å²) in [6.07, 6.45) is 29.2. The van der Waals surface area contributed by atoms with Crippen LogP contribution in [0.4, 0.5) is 0 Å². The third kappa shape index (κ3) is 11.1. The van der Waals surface area contributed by atoms with Crippen LogP contribution in [0, 0.1) is 29.1 Å². The van der Waals surface area contributed by atoms with Gasteiger partial charge in [0, 0.05) is 0 Å². The number of hydrogen-bond donors (Lipinski definition) is 0. The van der Waals surface area contributed by atoms with Crippen molar-refractivity contribution in [3.8, 4) is 0 Å². The Bertz CT molecular complexity index is 1480. The van der Waals surface area contributed by atoms with E-state index in [-0.39, 0.29) is 0 Å². The summed E-state index contributed by atoms with van der Waals surface area (Å²) in [5, 5.41) is 0. The van der Waals surface area contributed by atoms with E-state index in [0.717, 1.165) is 48.5 Å². The number of allylic oxidation sites excluding steroid dienone is 14. The lowest BCUT2D eigenvalue weighted by Gasteiger charge is -2.36. The lowest BCUT2D eigenvalue weighted by molar-refractivity contribution is 0.177. The topological polar surface area (TPSA) is 0 Å². The minimum absolute atomic E-state index is 0.355. The molecule has 4 rings (SSSR count). The van der Waals surface area contributed by atoms with Gasteiger partial charge in [0.15, 0.2) is 0 Å². The predicted molar refractivity (Wildman–Crippen MR) is 219 cm³/mol. The van der Waals surface area contributed by atoms with Crippen molar-refractivity contribution in [2.75, 3.05) is 0 Å². The number of benzene rings is 1.